The Balaban J connectivity index is -0.000000127. The Kier molecular flexibility index (Phi) is 27.2. The smallest absolute Gasteiger partial charge is 0 e. The molecule has 1 aromatic rings. The zero-order valence-corrected chi connectivity index (χ0v) is 12.5. The Morgan fingerprint density at radius 1 is 1.14 bits per heavy atom. The van der Waals surface area contributed by atoms with Crippen molar-refractivity contribution < 1.29 is 17.1 Å². The van der Waals surface area contributed by atoms with E-state index in [1.54, 1.807) is 0 Å². The fourth-order valence-electron chi connectivity index (χ4n) is 0.321. The molecule has 0 aliphatic rings. The Morgan fingerprint density at radius 3 is 1.50 bits per heavy atom. The van der Waals surface area contributed by atoms with Gasteiger partial charge in [-0.2, -0.15) is 18.2 Å². The maximum absolute atomic E-state index is 5.21. The molecule has 0 heterocycles. The van der Waals surface area contributed by atoms with Gasteiger partial charge in [0.25, 0.3) is 0 Å². The quantitative estimate of drug-likeness (QED) is 0.415. The molecule has 0 aromatic heterocycles. The van der Waals surface area contributed by atoms with Crippen LogP contribution in [0.4, 0.5) is 0 Å². The third-order valence-electron chi connectivity index (χ3n) is 0.667. The minimum absolute atomic E-state index is 0. The van der Waals surface area contributed by atoms with Gasteiger partial charge >= 0.3 is 38.3 Å². The number of allylic oxidation sites excluding steroid dienone is 2. The van der Waals surface area contributed by atoms with Crippen LogP contribution in [0, 0.1) is 13.2 Å². The van der Waals surface area contributed by atoms with Crippen LogP contribution in [0.15, 0.2) is 42.5 Å². The molecule has 0 nitrogen and oxygen atoms in total. The molecular formula is C10H12Cl2FeGe-3. The van der Waals surface area contributed by atoms with Crippen molar-refractivity contribution in [2.24, 2.45) is 0 Å². The molecule has 14 heavy (non-hydrogen) atoms. The largest absolute Gasteiger partial charge is 0.214 e. The van der Waals surface area contributed by atoms with Gasteiger partial charge in [0.1, 0.15) is 0 Å². The molecule has 0 aliphatic carbocycles. The summed E-state index contributed by atoms with van der Waals surface area (Å²) >= 11 is -1.39. The first-order valence-corrected chi connectivity index (χ1v) is 11.2. The molecule has 1 radical (unpaired) electrons. The van der Waals surface area contributed by atoms with Crippen LogP contribution in [-0.4, -0.2) is 12.5 Å². The molecule has 0 fully saturated rings. The van der Waals surface area contributed by atoms with E-state index in [9.17, 15) is 0 Å². The average molecular weight is 332 g/mol. The molecule has 0 aliphatic heterocycles. The van der Waals surface area contributed by atoms with E-state index in [0.29, 0.717) is 0 Å². The van der Waals surface area contributed by atoms with E-state index in [0.717, 1.165) is 0 Å². The molecule has 0 amide bonds. The summed E-state index contributed by atoms with van der Waals surface area (Å²) in [5, 5.41) is 0. The molecule has 0 saturated carbocycles. The molecule has 0 saturated heterocycles. The van der Waals surface area contributed by atoms with Gasteiger partial charge in [0.15, 0.2) is 0 Å². The van der Waals surface area contributed by atoms with Crippen LogP contribution in [0.3, 0.4) is 0 Å². The molecule has 4 heteroatoms. The van der Waals surface area contributed by atoms with Crippen molar-refractivity contribution >= 4 is 32.5 Å². The van der Waals surface area contributed by atoms with Crippen LogP contribution < -0.4 is 0 Å². The molecule has 1 rings (SSSR count). The summed E-state index contributed by atoms with van der Waals surface area (Å²) < 4.78 is 0. The molecule has 0 bridgehead atoms. The van der Waals surface area contributed by atoms with Crippen LogP contribution in [-0.2, 0) is 17.1 Å². The fraction of sp³-hybridized carbons (Fsp3) is 0.100. The number of halogens is 2. The predicted molar refractivity (Wildman–Crippen MR) is 63.1 cm³/mol. The summed E-state index contributed by atoms with van der Waals surface area (Å²) in [7, 11) is 10.4. The van der Waals surface area contributed by atoms with Crippen molar-refractivity contribution in [3.8, 4) is 0 Å². The van der Waals surface area contributed by atoms with E-state index in [4.69, 9.17) is 33.2 Å². The minimum atomic E-state index is -1.39. The average Bonchev–Trinajstić information content (AvgIpc) is 2.59. The second-order valence-electron chi connectivity index (χ2n) is 1.80. The maximum atomic E-state index is 5.21. The second-order valence-corrected chi connectivity index (χ2v) is 10.6. The normalized spacial score (nSPS) is 6.86. The van der Waals surface area contributed by atoms with Crippen LogP contribution in [0.5, 0.6) is 0 Å². The first-order valence-electron chi connectivity index (χ1n) is 3.54. The van der Waals surface area contributed by atoms with Gasteiger partial charge in [0, 0.05) is 17.1 Å². The van der Waals surface area contributed by atoms with Crippen LogP contribution in [0.2, 0.25) is 5.76 Å². The van der Waals surface area contributed by atoms with Gasteiger partial charge in [-0.3, -0.25) is 0 Å². The fourth-order valence-corrected chi connectivity index (χ4v) is 0.321. The van der Waals surface area contributed by atoms with Crippen LogP contribution >= 0.6 is 20.0 Å². The first-order chi connectivity index (χ1) is 6.15. The van der Waals surface area contributed by atoms with Crippen molar-refractivity contribution in [3.05, 3.63) is 55.6 Å². The molecule has 1 aromatic carbocycles. The summed E-state index contributed by atoms with van der Waals surface area (Å²) in [5.74, 6) is 1.86. The molecule has 0 unspecified atom stereocenters. The third kappa shape index (κ3) is 39.2. The van der Waals surface area contributed by atoms with E-state index in [1.807, 2.05) is 36.1 Å². The van der Waals surface area contributed by atoms with Crippen LogP contribution in [0.1, 0.15) is 0 Å². The topological polar surface area (TPSA) is 0 Å². The predicted octanol–water partition coefficient (Wildman–Crippen LogP) is 3.95. The first kappa shape index (κ1) is 20.0. The molecule has 0 spiro atoms. The molecular weight excluding hydrogens is 319 g/mol. The van der Waals surface area contributed by atoms with Gasteiger partial charge < -0.3 is 25.3 Å². The van der Waals surface area contributed by atoms with Gasteiger partial charge in [0.2, 0.25) is 0 Å². The van der Waals surface area contributed by atoms with E-state index in [-0.39, 0.29) is 17.1 Å². The Labute approximate surface area is 110 Å². The van der Waals surface area contributed by atoms with E-state index in [2.05, 4.69) is 0 Å². The van der Waals surface area contributed by atoms with Crippen molar-refractivity contribution in [3.63, 3.8) is 0 Å². The van der Waals surface area contributed by atoms with E-state index in [1.165, 1.54) is 12.2 Å². The van der Waals surface area contributed by atoms with Gasteiger partial charge in [-0.15, -0.1) is 0 Å². The van der Waals surface area contributed by atoms with Gasteiger partial charge in [-0.25, -0.2) is 12.1 Å². The summed E-state index contributed by atoms with van der Waals surface area (Å²) in [4.78, 5) is 0. The van der Waals surface area contributed by atoms with Gasteiger partial charge in [0.05, 0.1) is 0 Å². The summed E-state index contributed by atoms with van der Waals surface area (Å²) in [6.45, 7) is 9.44. The third-order valence-corrected chi connectivity index (χ3v) is 0.667. The monoisotopic (exact) mass is 332 g/mol. The van der Waals surface area contributed by atoms with Crippen LogP contribution in [0.25, 0.3) is 0 Å². The van der Waals surface area contributed by atoms with E-state index < -0.39 is 12.5 Å². The summed E-state index contributed by atoms with van der Waals surface area (Å²) in [5.41, 5.74) is 0. The summed E-state index contributed by atoms with van der Waals surface area (Å²) in [6.07, 6.45) is 2.56. The SMILES string of the molecule is [CH-]=CC=[CH-].[CH3][Ge]([Cl])[Cl].[Fe].c1cc[cH-]c1. The molecule has 0 atom stereocenters. The van der Waals surface area contributed by atoms with Gasteiger partial charge in [-0.1, -0.05) is 0 Å². The number of hydrogen-bond donors (Lipinski definition) is 0. The van der Waals surface area contributed by atoms with Crippen molar-refractivity contribution in [2.75, 3.05) is 0 Å². The van der Waals surface area contributed by atoms with Crippen molar-refractivity contribution in [1.82, 2.24) is 0 Å². The zero-order chi connectivity index (χ0) is 10.5. The standard InChI is InChI=1S/C5H5.C4H4.CH3Cl2Ge.Fe/c1-2-4-5-3-1;1-3-4-2;1-4(2)3;/h1-5H;1-4H;1H3;/q-1;-2;;. The zero-order valence-electron chi connectivity index (χ0n) is 7.81. The molecule has 81 valence electrons. The second kappa shape index (κ2) is 19.1. The number of rotatable bonds is 1. The Morgan fingerprint density at radius 2 is 1.43 bits per heavy atom. The molecule has 0 N–H and O–H groups in total. The van der Waals surface area contributed by atoms with Gasteiger partial charge in [-0.05, 0) is 0 Å². The Hall–Kier alpha value is 0.472. The van der Waals surface area contributed by atoms with Crippen molar-refractivity contribution in [2.45, 2.75) is 5.76 Å². The van der Waals surface area contributed by atoms with E-state index >= 15 is 0 Å². The maximum Gasteiger partial charge on any atom is 0 e. The Bertz CT molecular complexity index is 160. The number of hydrogen-bond acceptors (Lipinski definition) is 0. The van der Waals surface area contributed by atoms with Crippen molar-refractivity contribution in [1.29, 1.82) is 0 Å². The summed E-state index contributed by atoms with van der Waals surface area (Å²) in [6, 6.07) is 10.0. The minimum Gasteiger partial charge on any atom is -0.214 e.